The van der Waals surface area contributed by atoms with Crippen LogP contribution in [0.1, 0.15) is 11.1 Å². The third-order valence-electron chi connectivity index (χ3n) is 2.35. The average molecular weight is 222 g/mol. The van der Waals surface area contributed by atoms with Crippen LogP contribution in [0, 0.1) is 17.5 Å². The van der Waals surface area contributed by atoms with Crippen molar-refractivity contribution in [3.63, 3.8) is 0 Å². The van der Waals surface area contributed by atoms with Crippen LogP contribution in [-0.4, -0.2) is 0 Å². The van der Waals surface area contributed by atoms with Crippen LogP contribution in [0.25, 0.3) is 0 Å². The molecule has 2 aromatic carbocycles. The molecule has 0 amide bonds. The molecular formula is C13H9F3. The van der Waals surface area contributed by atoms with E-state index in [4.69, 9.17) is 0 Å². The highest BCUT2D eigenvalue weighted by Gasteiger charge is 2.07. The summed E-state index contributed by atoms with van der Waals surface area (Å²) in [7, 11) is 0. The van der Waals surface area contributed by atoms with Gasteiger partial charge in [0.05, 0.1) is 0 Å². The summed E-state index contributed by atoms with van der Waals surface area (Å²) >= 11 is 0. The zero-order chi connectivity index (χ0) is 11.5. The molecule has 0 aliphatic rings. The first-order chi connectivity index (χ1) is 7.66. The Morgan fingerprint density at radius 1 is 0.750 bits per heavy atom. The van der Waals surface area contributed by atoms with Gasteiger partial charge >= 0.3 is 0 Å². The van der Waals surface area contributed by atoms with E-state index in [1.54, 1.807) is 18.2 Å². The lowest BCUT2D eigenvalue weighted by Crippen LogP contribution is -1.96. The maximum absolute atomic E-state index is 13.3. The predicted molar refractivity (Wildman–Crippen MR) is 55.6 cm³/mol. The zero-order valence-corrected chi connectivity index (χ0v) is 8.38. The summed E-state index contributed by atoms with van der Waals surface area (Å²) in [6.07, 6.45) is 0.124. The topological polar surface area (TPSA) is 0 Å². The van der Waals surface area contributed by atoms with Gasteiger partial charge in [-0.25, -0.2) is 13.2 Å². The van der Waals surface area contributed by atoms with Crippen molar-refractivity contribution in [1.82, 2.24) is 0 Å². The van der Waals surface area contributed by atoms with E-state index in [0.717, 1.165) is 6.07 Å². The molecule has 2 rings (SSSR count). The Labute approximate surface area is 91.4 Å². The Balaban J connectivity index is 2.31. The van der Waals surface area contributed by atoms with E-state index in [-0.39, 0.29) is 17.8 Å². The Morgan fingerprint density at radius 2 is 1.44 bits per heavy atom. The first kappa shape index (κ1) is 10.7. The zero-order valence-electron chi connectivity index (χ0n) is 8.38. The fourth-order valence-corrected chi connectivity index (χ4v) is 1.51. The van der Waals surface area contributed by atoms with Crippen LogP contribution in [0.15, 0.2) is 42.5 Å². The molecule has 2 aromatic rings. The monoisotopic (exact) mass is 222 g/mol. The molecule has 3 heteroatoms. The van der Waals surface area contributed by atoms with Crippen molar-refractivity contribution < 1.29 is 13.2 Å². The van der Waals surface area contributed by atoms with Crippen molar-refractivity contribution in [2.24, 2.45) is 0 Å². The van der Waals surface area contributed by atoms with E-state index in [2.05, 4.69) is 0 Å². The van der Waals surface area contributed by atoms with E-state index >= 15 is 0 Å². The van der Waals surface area contributed by atoms with Crippen molar-refractivity contribution in [3.8, 4) is 0 Å². The lowest BCUT2D eigenvalue weighted by molar-refractivity contribution is 0.571. The minimum absolute atomic E-state index is 0.124. The molecule has 82 valence electrons. The van der Waals surface area contributed by atoms with E-state index in [1.807, 2.05) is 0 Å². The normalized spacial score (nSPS) is 10.4. The van der Waals surface area contributed by atoms with Gasteiger partial charge < -0.3 is 0 Å². The molecule has 0 unspecified atom stereocenters. The summed E-state index contributed by atoms with van der Waals surface area (Å²) in [6, 6.07) is 9.45. The highest BCUT2D eigenvalue weighted by molar-refractivity contribution is 5.28. The van der Waals surface area contributed by atoms with Crippen LogP contribution in [-0.2, 0) is 6.42 Å². The number of hydrogen-bond acceptors (Lipinski definition) is 0. The number of hydrogen-bond donors (Lipinski definition) is 0. The van der Waals surface area contributed by atoms with Gasteiger partial charge in [0.15, 0.2) is 0 Å². The predicted octanol–water partition coefficient (Wildman–Crippen LogP) is 3.69. The average Bonchev–Trinajstić information content (AvgIpc) is 2.25. The van der Waals surface area contributed by atoms with Gasteiger partial charge in [0, 0.05) is 12.5 Å². The molecule has 0 aromatic heterocycles. The fraction of sp³-hybridized carbons (Fsp3) is 0.0769. The van der Waals surface area contributed by atoms with Gasteiger partial charge in [-0.1, -0.05) is 24.3 Å². The number of halogens is 3. The second-order valence-corrected chi connectivity index (χ2v) is 3.50. The summed E-state index contributed by atoms with van der Waals surface area (Å²) in [6.45, 7) is 0. The quantitative estimate of drug-likeness (QED) is 0.726. The smallest absolute Gasteiger partial charge is 0.129 e. The minimum atomic E-state index is -0.650. The van der Waals surface area contributed by atoms with Crippen LogP contribution in [0.2, 0.25) is 0 Å². The summed E-state index contributed by atoms with van der Waals surface area (Å²) < 4.78 is 39.2. The molecular weight excluding hydrogens is 213 g/mol. The maximum Gasteiger partial charge on any atom is 0.129 e. The SMILES string of the molecule is Fc1ccc(Cc2ccccc2F)c(F)c1. The highest BCUT2D eigenvalue weighted by atomic mass is 19.1. The molecule has 0 aliphatic carbocycles. The second-order valence-electron chi connectivity index (χ2n) is 3.50. The van der Waals surface area contributed by atoms with Gasteiger partial charge in [0.2, 0.25) is 0 Å². The molecule has 0 aliphatic heterocycles. The minimum Gasteiger partial charge on any atom is -0.207 e. The van der Waals surface area contributed by atoms with Gasteiger partial charge in [-0.2, -0.15) is 0 Å². The first-order valence-corrected chi connectivity index (χ1v) is 4.84. The largest absolute Gasteiger partial charge is 0.207 e. The van der Waals surface area contributed by atoms with Gasteiger partial charge in [-0.3, -0.25) is 0 Å². The standard InChI is InChI=1S/C13H9F3/c14-11-6-5-10(13(16)8-11)7-9-3-1-2-4-12(9)15/h1-6,8H,7H2. The van der Waals surface area contributed by atoms with Crippen LogP contribution in [0.3, 0.4) is 0 Å². The van der Waals surface area contributed by atoms with Crippen LogP contribution >= 0.6 is 0 Å². The van der Waals surface area contributed by atoms with Crippen molar-refractivity contribution in [2.75, 3.05) is 0 Å². The Hall–Kier alpha value is -1.77. The molecule has 0 heterocycles. The Morgan fingerprint density at radius 3 is 2.12 bits per heavy atom. The molecule has 0 nitrogen and oxygen atoms in total. The van der Waals surface area contributed by atoms with E-state index in [1.165, 1.54) is 18.2 Å². The number of rotatable bonds is 2. The molecule has 0 spiro atoms. The Kier molecular flexibility index (Phi) is 2.95. The van der Waals surface area contributed by atoms with Crippen LogP contribution < -0.4 is 0 Å². The van der Waals surface area contributed by atoms with E-state index in [9.17, 15) is 13.2 Å². The van der Waals surface area contributed by atoms with Crippen molar-refractivity contribution >= 4 is 0 Å². The lowest BCUT2D eigenvalue weighted by Gasteiger charge is -2.04. The summed E-state index contributed by atoms with van der Waals surface area (Å²) in [5, 5.41) is 0. The van der Waals surface area contributed by atoms with Gasteiger partial charge in [0.25, 0.3) is 0 Å². The van der Waals surface area contributed by atoms with Crippen LogP contribution in [0.4, 0.5) is 13.2 Å². The second kappa shape index (κ2) is 4.39. The van der Waals surface area contributed by atoms with Gasteiger partial charge in [-0.15, -0.1) is 0 Å². The lowest BCUT2D eigenvalue weighted by atomic mass is 10.0. The van der Waals surface area contributed by atoms with Gasteiger partial charge in [0.1, 0.15) is 17.5 Å². The highest BCUT2D eigenvalue weighted by Crippen LogP contribution is 2.16. The molecule has 0 saturated heterocycles. The third kappa shape index (κ3) is 2.24. The fourth-order valence-electron chi connectivity index (χ4n) is 1.51. The third-order valence-corrected chi connectivity index (χ3v) is 2.35. The molecule has 0 saturated carbocycles. The molecule has 0 bridgehead atoms. The summed E-state index contributed by atoms with van der Waals surface area (Å²) in [4.78, 5) is 0. The summed E-state index contributed by atoms with van der Waals surface area (Å²) in [5.74, 6) is -1.66. The van der Waals surface area contributed by atoms with Crippen molar-refractivity contribution in [2.45, 2.75) is 6.42 Å². The van der Waals surface area contributed by atoms with Crippen molar-refractivity contribution in [3.05, 3.63) is 71.0 Å². The molecule has 16 heavy (non-hydrogen) atoms. The van der Waals surface area contributed by atoms with Gasteiger partial charge in [-0.05, 0) is 23.3 Å². The molecule has 0 fully saturated rings. The first-order valence-electron chi connectivity index (χ1n) is 4.84. The van der Waals surface area contributed by atoms with E-state index < -0.39 is 11.6 Å². The molecule has 0 atom stereocenters. The maximum atomic E-state index is 13.3. The van der Waals surface area contributed by atoms with Crippen molar-refractivity contribution in [1.29, 1.82) is 0 Å². The Bertz CT molecular complexity index is 506. The number of benzene rings is 2. The summed E-state index contributed by atoms with van der Waals surface area (Å²) in [5.41, 5.74) is 0.680. The molecule has 0 N–H and O–H groups in total. The van der Waals surface area contributed by atoms with Crippen LogP contribution in [0.5, 0.6) is 0 Å². The molecule has 0 radical (unpaired) electrons. The van der Waals surface area contributed by atoms with E-state index in [0.29, 0.717) is 5.56 Å².